The average Bonchev–Trinajstić information content (AvgIpc) is 2.69. The highest BCUT2D eigenvalue weighted by Crippen LogP contribution is 2.60. The average molecular weight is 418 g/mol. The van der Waals surface area contributed by atoms with E-state index in [1.807, 2.05) is 0 Å². The van der Waals surface area contributed by atoms with Crippen LogP contribution >= 0.6 is 0 Å². The monoisotopic (exact) mass is 418 g/mol. The molecule has 0 aliphatic heterocycles. The fourth-order valence-electron chi connectivity index (χ4n) is 6.75. The van der Waals surface area contributed by atoms with E-state index in [0.717, 1.165) is 37.0 Å². The van der Waals surface area contributed by atoms with E-state index in [1.54, 1.807) is 11.9 Å². The molecule has 4 aliphatic rings. The Hall–Kier alpha value is -2.51. The first-order valence-electron chi connectivity index (χ1n) is 10.5. The van der Waals surface area contributed by atoms with Crippen LogP contribution in [0.15, 0.2) is 6.07 Å². The van der Waals surface area contributed by atoms with Crippen LogP contribution in [-0.2, 0) is 0 Å². The maximum Gasteiger partial charge on any atom is 0.327 e. The molecule has 1 aromatic carbocycles. The molecule has 4 bridgehead atoms. The van der Waals surface area contributed by atoms with Gasteiger partial charge >= 0.3 is 5.69 Å². The summed E-state index contributed by atoms with van der Waals surface area (Å²) in [7, 11) is 5.87. The summed E-state index contributed by atoms with van der Waals surface area (Å²) in [5.74, 6) is 2.16. The largest absolute Gasteiger partial charge is 0.493 e. The van der Waals surface area contributed by atoms with Gasteiger partial charge in [-0.15, -0.1) is 0 Å². The van der Waals surface area contributed by atoms with Crippen molar-refractivity contribution in [3.8, 4) is 17.2 Å². The van der Waals surface area contributed by atoms with Gasteiger partial charge in [0.25, 0.3) is 5.91 Å². The lowest BCUT2D eigenvalue weighted by Gasteiger charge is -2.57. The van der Waals surface area contributed by atoms with Gasteiger partial charge in [-0.3, -0.25) is 14.9 Å². The fourth-order valence-corrected chi connectivity index (χ4v) is 6.75. The number of hydrogen-bond acceptors (Lipinski definition) is 6. The van der Waals surface area contributed by atoms with E-state index in [2.05, 4.69) is 0 Å². The Balaban J connectivity index is 1.66. The lowest BCUT2D eigenvalue weighted by molar-refractivity contribution is -0.386. The highest BCUT2D eigenvalue weighted by molar-refractivity contribution is 6.00. The van der Waals surface area contributed by atoms with Crippen LogP contribution in [-0.4, -0.2) is 50.7 Å². The molecule has 164 valence electrons. The first-order chi connectivity index (χ1) is 14.3. The highest BCUT2D eigenvalue weighted by atomic mass is 16.6. The number of carbonyl (C=O) groups is 1. The number of amides is 1. The van der Waals surface area contributed by atoms with Gasteiger partial charge in [0.2, 0.25) is 11.5 Å². The van der Waals surface area contributed by atoms with Crippen LogP contribution < -0.4 is 14.2 Å². The minimum Gasteiger partial charge on any atom is -0.493 e. The van der Waals surface area contributed by atoms with Crippen molar-refractivity contribution in [2.75, 3.05) is 34.9 Å². The topological polar surface area (TPSA) is 91.1 Å². The number of benzene rings is 1. The van der Waals surface area contributed by atoms with Crippen LogP contribution in [0.1, 0.15) is 48.9 Å². The molecular weight excluding hydrogens is 388 g/mol. The highest BCUT2D eigenvalue weighted by Gasteiger charge is 2.51. The Morgan fingerprint density at radius 1 is 1.07 bits per heavy atom. The predicted octanol–water partition coefficient (Wildman–Crippen LogP) is 3.91. The van der Waals surface area contributed by atoms with Crippen LogP contribution in [0.5, 0.6) is 17.2 Å². The third-order valence-corrected chi connectivity index (χ3v) is 7.30. The summed E-state index contributed by atoms with van der Waals surface area (Å²) < 4.78 is 15.8. The molecule has 0 saturated heterocycles. The van der Waals surface area contributed by atoms with Crippen LogP contribution in [0.25, 0.3) is 0 Å². The van der Waals surface area contributed by atoms with E-state index in [0.29, 0.717) is 6.54 Å². The van der Waals surface area contributed by atoms with Gasteiger partial charge < -0.3 is 19.1 Å². The maximum atomic E-state index is 13.4. The molecule has 1 amide bonds. The molecule has 4 fully saturated rings. The van der Waals surface area contributed by atoms with Crippen molar-refractivity contribution in [1.29, 1.82) is 0 Å². The van der Waals surface area contributed by atoms with Crippen molar-refractivity contribution in [2.24, 2.45) is 23.2 Å². The lowest BCUT2D eigenvalue weighted by atomic mass is 9.49. The summed E-state index contributed by atoms with van der Waals surface area (Å²) in [5.41, 5.74) is -0.284. The SMILES string of the molecule is COc1cc(C(=O)N(C)CC23CC4CC(CC(C4)C2)C3)c([N+](=O)[O-])c(OC)c1OC. The zero-order valence-corrected chi connectivity index (χ0v) is 18.1. The molecule has 0 N–H and O–H groups in total. The Bertz CT molecular complexity index is 832. The first-order valence-corrected chi connectivity index (χ1v) is 10.5. The molecule has 5 rings (SSSR count). The van der Waals surface area contributed by atoms with Gasteiger partial charge in [0.15, 0.2) is 5.75 Å². The molecule has 0 radical (unpaired) electrons. The number of nitrogens with zero attached hydrogens (tertiary/aromatic N) is 2. The van der Waals surface area contributed by atoms with E-state index in [9.17, 15) is 14.9 Å². The molecule has 0 spiro atoms. The standard InChI is InChI=1S/C22H30N2O6/c1-23(12-22-9-13-5-14(10-22)7-15(6-13)11-22)21(25)16-8-17(28-2)19(29-3)20(30-4)18(16)24(26)27/h8,13-15H,5-7,9-12H2,1-4H3. The van der Waals surface area contributed by atoms with Gasteiger partial charge in [-0.1, -0.05) is 0 Å². The van der Waals surface area contributed by atoms with Crippen molar-refractivity contribution in [1.82, 2.24) is 4.90 Å². The summed E-state index contributed by atoms with van der Waals surface area (Å²) in [6.45, 7) is 0.628. The number of ether oxygens (including phenoxy) is 3. The Morgan fingerprint density at radius 2 is 1.60 bits per heavy atom. The molecule has 8 nitrogen and oxygen atoms in total. The first kappa shape index (κ1) is 20.8. The van der Waals surface area contributed by atoms with Crippen LogP contribution in [0.3, 0.4) is 0 Å². The van der Waals surface area contributed by atoms with Gasteiger partial charge in [-0.05, 0) is 61.7 Å². The fraction of sp³-hybridized carbons (Fsp3) is 0.682. The zero-order chi connectivity index (χ0) is 21.6. The zero-order valence-electron chi connectivity index (χ0n) is 18.1. The summed E-state index contributed by atoms with van der Waals surface area (Å²) in [4.78, 5) is 26.3. The molecule has 0 heterocycles. The molecule has 4 aliphatic carbocycles. The van der Waals surface area contributed by atoms with Crippen molar-refractivity contribution in [3.63, 3.8) is 0 Å². The molecular formula is C22H30N2O6. The van der Waals surface area contributed by atoms with Gasteiger partial charge in [0, 0.05) is 19.7 Å². The van der Waals surface area contributed by atoms with E-state index in [1.165, 1.54) is 46.7 Å². The summed E-state index contributed by atoms with van der Waals surface area (Å²) in [6.07, 6.45) is 7.47. The predicted molar refractivity (Wildman–Crippen MR) is 110 cm³/mol. The molecule has 0 unspecified atom stereocenters. The second-order valence-electron chi connectivity index (χ2n) is 9.38. The smallest absolute Gasteiger partial charge is 0.327 e. The van der Waals surface area contributed by atoms with E-state index >= 15 is 0 Å². The number of nitro benzene ring substituents is 1. The Morgan fingerprint density at radius 3 is 2.03 bits per heavy atom. The van der Waals surface area contributed by atoms with Gasteiger partial charge in [-0.25, -0.2) is 0 Å². The van der Waals surface area contributed by atoms with Gasteiger partial charge in [0.1, 0.15) is 5.56 Å². The minimum atomic E-state index is -0.591. The molecule has 4 saturated carbocycles. The molecule has 8 heteroatoms. The third kappa shape index (κ3) is 3.36. The van der Waals surface area contributed by atoms with E-state index in [4.69, 9.17) is 14.2 Å². The minimum absolute atomic E-state index is 0.0401. The molecule has 0 atom stereocenters. The Kier molecular flexibility index (Phi) is 5.28. The summed E-state index contributed by atoms with van der Waals surface area (Å²) in [6, 6.07) is 1.39. The normalized spacial score (nSPS) is 28.9. The van der Waals surface area contributed by atoms with E-state index < -0.39 is 16.5 Å². The quantitative estimate of drug-likeness (QED) is 0.492. The lowest BCUT2D eigenvalue weighted by Crippen LogP contribution is -2.51. The van der Waals surface area contributed by atoms with Gasteiger partial charge in [-0.2, -0.15) is 0 Å². The summed E-state index contributed by atoms with van der Waals surface area (Å²) >= 11 is 0. The Labute approximate surface area is 176 Å². The number of nitro groups is 1. The van der Waals surface area contributed by atoms with Crippen molar-refractivity contribution in [2.45, 2.75) is 38.5 Å². The number of carbonyl (C=O) groups excluding carboxylic acids is 1. The number of hydrogen-bond donors (Lipinski definition) is 0. The molecule has 1 aromatic rings. The maximum absolute atomic E-state index is 13.4. The molecule has 0 aromatic heterocycles. The second kappa shape index (κ2) is 7.63. The molecule has 30 heavy (non-hydrogen) atoms. The van der Waals surface area contributed by atoms with Crippen molar-refractivity contribution in [3.05, 3.63) is 21.7 Å². The van der Waals surface area contributed by atoms with Crippen LogP contribution in [0.4, 0.5) is 5.69 Å². The van der Waals surface area contributed by atoms with Crippen LogP contribution in [0, 0.1) is 33.3 Å². The number of rotatable bonds is 7. The number of methoxy groups -OCH3 is 3. The van der Waals surface area contributed by atoms with Crippen molar-refractivity contribution >= 4 is 11.6 Å². The van der Waals surface area contributed by atoms with Gasteiger partial charge in [0.05, 0.1) is 26.3 Å². The van der Waals surface area contributed by atoms with E-state index in [-0.39, 0.29) is 28.2 Å². The summed E-state index contributed by atoms with van der Waals surface area (Å²) in [5, 5.41) is 11.9. The van der Waals surface area contributed by atoms with Crippen molar-refractivity contribution < 1.29 is 23.9 Å². The third-order valence-electron chi connectivity index (χ3n) is 7.30. The van der Waals surface area contributed by atoms with Crippen LogP contribution in [0.2, 0.25) is 0 Å². The second-order valence-corrected chi connectivity index (χ2v) is 9.38.